The van der Waals surface area contributed by atoms with Gasteiger partial charge in [0, 0.05) is 32.7 Å². The monoisotopic (exact) mass is 463 g/mol. The van der Waals surface area contributed by atoms with Crippen molar-refractivity contribution in [1.29, 1.82) is 0 Å². The van der Waals surface area contributed by atoms with Gasteiger partial charge in [-0.1, -0.05) is 20.8 Å². The zero-order valence-corrected chi connectivity index (χ0v) is 17.5. The maximum absolute atomic E-state index is 3.77. The van der Waals surface area contributed by atoms with E-state index >= 15 is 0 Å². The van der Waals surface area contributed by atoms with Gasteiger partial charge in [0.25, 0.3) is 0 Å². The van der Waals surface area contributed by atoms with Crippen LogP contribution < -0.4 is 0 Å². The molecule has 1 atom stereocenters. The first-order chi connectivity index (χ1) is 5.55. The zero-order valence-electron chi connectivity index (χ0n) is 10.7. The van der Waals surface area contributed by atoms with Crippen molar-refractivity contribution in [1.82, 2.24) is 4.67 Å². The van der Waals surface area contributed by atoms with E-state index in [9.17, 15) is 0 Å². The molecule has 0 saturated heterocycles. The summed E-state index contributed by atoms with van der Waals surface area (Å²) in [6.45, 7) is 14.6. The minimum absolute atomic E-state index is 0. The van der Waals surface area contributed by atoms with Gasteiger partial charge in [-0.3, -0.25) is 0 Å². The molecule has 1 radical (unpaired) electrons. The smallest absolute Gasteiger partial charge is 0 e. The third-order valence-electron chi connectivity index (χ3n) is 0.935. The van der Waals surface area contributed by atoms with Crippen LogP contribution in [0.3, 0.4) is 0 Å². The van der Waals surface area contributed by atoms with Crippen molar-refractivity contribution in [2.75, 3.05) is 14.1 Å². The molecule has 4 heteroatoms. The van der Waals surface area contributed by atoms with Crippen molar-refractivity contribution >= 4 is 5.71 Å². The second kappa shape index (κ2) is 10.3. The van der Waals surface area contributed by atoms with E-state index < -0.39 is 0 Å². The van der Waals surface area contributed by atoms with Gasteiger partial charge in [0.05, 0.1) is 0 Å². The van der Waals surface area contributed by atoms with Gasteiger partial charge >= 0.3 is 62.8 Å². The van der Waals surface area contributed by atoms with Crippen molar-refractivity contribution in [2.24, 2.45) is 5.41 Å². The van der Waals surface area contributed by atoms with E-state index in [2.05, 4.69) is 60.3 Å². The van der Waals surface area contributed by atoms with Crippen LogP contribution >= 0.6 is 5.71 Å². The molecule has 0 aliphatic carbocycles. The van der Waals surface area contributed by atoms with Crippen LogP contribution in [0.2, 0.25) is 0 Å². The minimum Gasteiger partial charge on any atom is -0.338 e. The first-order valence-electron chi connectivity index (χ1n) is 4.62. The summed E-state index contributed by atoms with van der Waals surface area (Å²) in [5, 5.41) is 0. The van der Waals surface area contributed by atoms with Crippen LogP contribution in [0.15, 0.2) is 0 Å². The molecule has 0 aromatic heterocycles. The Labute approximate surface area is 127 Å². The van der Waals surface area contributed by atoms with Crippen LogP contribution in [0.4, 0.5) is 0 Å². The summed E-state index contributed by atoms with van der Waals surface area (Å²) in [7, 11) is 4.36. The Morgan fingerprint density at radius 2 is 1.43 bits per heavy atom. The van der Waals surface area contributed by atoms with Gasteiger partial charge in [0.15, 0.2) is 0 Å². The fourth-order valence-corrected chi connectivity index (χ4v) is 1.55. The normalized spacial score (nSPS) is 13.0. The van der Waals surface area contributed by atoms with Crippen LogP contribution in [0.25, 0.3) is 0 Å². The van der Waals surface area contributed by atoms with Crippen molar-refractivity contribution in [3.05, 3.63) is 6.92 Å². The molecule has 0 aromatic carbocycles. The van der Waals surface area contributed by atoms with E-state index in [0.717, 1.165) is 5.66 Å². The van der Waals surface area contributed by atoms with E-state index in [0.29, 0.717) is 0 Å². The number of hydrogen-bond acceptors (Lipinski definition) is 1. The average Bonchev–Trinajstić information content (AvgIpc) is 1.81. The summed E-state index contributed by atoms with van der Waals surface area (Å²) in [6, 6.07) is 0. The van der Waals surface area contributed by atoms with Crippen molar-refractivity contribution < 1.29 is 51.5 Å². The Morgan fingerprint density at radius 1 is 1.21 bits per heavy atom. The SMILES string of the molecule is CC(C)[PH](=[W])N(C)C.[CH2-]C(C)(C)C.[Y]. The molecule has 0 N–H and O–H groups in total. The Hall–Kier alpha value is 2.18. The third kappa shape index (κ3) is 23.8. The van der Waals surface area contributed by atoms with Gasteiger partial charge in [0.1, 0.15) is 0 Å². The van der Waals surface area contributed by atoms with Gasteiger partial charge in [-0.15, -0.1) is 0 Å². The second-order valence-corrected chi connectivity index (χ2v) is 12.2. The molecule has 0 bridgehead atoms. The molecule has 0 aromatic rings. The average molecular weight is 463 g/mol. The van der Waals surface area contributed by atoms with Gasteiger partial charge in [0.2, 0.25) is 0 Å². The summed E-state index contributed by atoms with van der Waals surface area (Å²) < 4.78 is 2.38. The first kappa shape index (κ1) is 21.5. The second-order valence-electron chi connectivity index (χ2n) is 4.95. The molecule has 0 aliphatic rings. The first-order valence-corrected chi connectivity index (χ1v) is 10.5. The van der Waals surface area contributed by atoms with Crippen LogP contribution in [-0.2, 0) is 51.5 Å². The molecular formula is C10H25NPWY-. The summed E-state index contributed by atoms with van der Waals surface area (Å²) in [5.74, 6) is 0. The molecule has 85 valence electrons. The van der Waals surface area contributed by atoms with E-state index in [1.165, 1.54) is 0 Å². The van der Waals surface area contributed by atoms with Crippen molar-refractivity contribution in [3.63, 3.8) is 0 Å². The maximum Gasteiger partial charge on any atom is 0 e. The molecule has 0 aliphatic heterocycles. The van der Waals surface area contributed by atoms with Crippen LogP contribution in [0.5, 0.6) is 0 Å². The van der Waals surface area contributed by atoms with Crippen LogP contribution in [0.1, 0.15) is 34.6 Å². The Kier molecular flexibility index (Phi) is 15.9. The number of hydrogen-bond donors (Lipinski definition) is 0. The van der Waals surface area contributed by atoms with Crippen LogP contribution in [-0.4, -0.2) is 24.4 Å². The van der Waals surface area contributed by atoms with Crippen LogP contribution in [0, 0.1) is 12.3 Å². The molecule has 0 heterocycles. The number of nitrogens with zero attached hydrogens (tertiary/aromatic N) is 1. The molecule has 14 heavy (non-hydrogen) atoms. The summed E-state index contributed by atoms with van der Waals surface area (Å²) in [6.07, 6.45) is 0. The Morgan fingerprint density at radius 3 is 1.43 bits per heavy atom. The molecule has 0 amide bonds. The van der Waals surface area contributed by atoms with Gasteiger partial charge < -0.3 is 6.92 Å². The summed E-state index contributed by atoms with van der Waals surface area (Å²) >= 11 is 1.77. The van der Waals surface area contributed by atoms with Gasteiger partial charge in [-0.2, -0.15) is 5.41 Å². The molecule has 1 unspecified atom stereocenters. The Bertz CT molecular complexity index is 137. The van der Waals surface area contributed by atoms with E-state index in [-0.39, 0.29) is 43.8 Å². The predicted octanol–water partition coefficient (Wildman–Crippen LogP) is 3.41. The Balaban J connectivity index is -0.000000177. The third-order valence-corrected chi connectivity index (χ3v) is 11.8. The molecule has 0 saturated carbocycles. The molecule has 0 rings (SSSR count). The molecule has 0 fully saturated rings. The molecule has 1 nitrogen and oxygen atoms in total. The summed E-state index contributed by atoms with van der Waals surface area (Å²) in [4.78, 5) is 0. The molecular weight excluding hydrogens is 438 g/mol. The largest absolute Gasteiger partial charge is 0.338 e. The van der Waals surface area contributed by atoms with Crippen molar-refractivity contribution in [2.45, 2.75) is 40.3 Å². The maximum atomic E-state index is 3.77. The quantitative estimate of drug-likeness (QED) is 0.449. The van der Waals surface area contributed by atoms with Gasteiger partial charge in [-0.25, -0.2) is 0 Å². The van der Waals surface area contributed by atoms with Crippen molar-refractivity contribution in [3.8, 4) is 0 Å². The van der Waals surface area contributed by atoms with E-state index in [1.54, 1.807) is 18.8 Å². The zero-order chi connectivity index (χ0) is 11.2. The fourth-order valence-electron chi connectivity index (χ4n) is 0.516. The topological polar surface area (TPSA) is 3.24 Å². The predicted molar refractivity (Wildman–Crippen MR) is 62.0 cm³/mol. The van der Waals surface area contributed by atoms with Gasteiger partial charge in [-0.05, 0) is 0 Å². The van der Waals surface area contributed by atoms with E-state index in [1.807, 2.05) is 0 Å². The summed E-state index contributed by atoms with van der Waals surface area (Å²) in [5.41, 5.74) is 1.05. The minimum atomic E-state index is -0.107. The number of rotatable bonds is 2. The standard InChI is InChI=1S/C5H14NP.C5H11.W.Y/c1-5(2)7-6(3)4;1-5(2,3)4;;/h5,7H,1-4H3;1H2,2-4H3;;/q;-1;;. The van der Waals surface area contributed by atoms with E-state index in [4.69, 9.17) is 0 Å². The fraction of sp³-hybridized carbons (Fsp3) is 0.900. The molecule has 0 spiro atoms.